The van der Waals surface area contributed by atoms with E-state index in [9.17, 15) is 8.42 Å². The molecule has 0 saturated heterocycles. The lowest BCUT2D eigenvalue weighted by Crippen LogP contribution is -2.24. The van der Waals surface area contributed by atoms with Gasteiger partial charge in [-0.3, -0.25) is 4.98 Å². The maximum Gasteiger partial charge on any atom is 0.240 e. The molecule has 2 aromatic carbocycles. The number of para-hydroxylation sites is 1. The van der Waals surface area contributed by atoms with Crippen molar-refractivity contribution in [2.45, 2.75) is 56.8 Å². The van der Waals surface area contributed by atoms with Crippen molar-refractivity contribution in [2.75, 3.05) is 18.4 Å². The van der Waals surface area contributed by atoms with Crippen molar-refractivity contribution in [3.63, 3.8) is 0 Å². The first kappa shape index (κ1) is 21.8. The van der Waals surface area contributed by atoms with Crippen LogP contribution in [-0.4, -0.2) is 26.5 Å². The molecule has 0 radical (unpaired) electrons. The van der Waals surface area contributed by atoms with Gasteiger partial charge in [-0.25, -0.2) is 13.1 Å². The molecular formula is C25H31N3O2S. The highest BCUT2D eigenvalue weighted by Crippen LogP contribution is 2.33. The summed E-state index contributed by atoms with van der Waals surface area (Å²) in [5, 5.41) is 4.88. The monoisotopic (exact) mass is 437 g/mol. The van der Waals surface area contributed by atoms with Gasteiger partial charge in [-0.05, 0) is 69.2 Å². The highest BCUT2D eigenvalue weighted by atomic mass is 32.2. The zero-order valence-electron chi connectivity index (χ0n) is 18.2. The highest BCUT2D eigenvalue weighted by Gasteiger charge is 2.17. The average Bonchev–Trinajstić information content (AvgIpc) is 2.78. The number of hydrogen-bond acceptors (Lipinski definition) is 4. The molecule has 0 atom stereocenters. The van der Waals surface area contributed by atoms with Crippen LogP contribution in [0, 0.1) is 6.92 Å². The van der Waals surface area contributed by atoms with E-state index >= 15 is 0 Å². The van der Waals surface area contributed by atoms with Crippen molar-refractivity contribution in [3.05, 3.63) is 65.4 Å². The molecular weight excluding hydrogens is 406 g/mol. The van der Waals surface area contributed by atoms with E-state index in [1.807, 2.05) is 25.1 Å². The van der Waals surface area contributed by atoms with Crippen LogP contribution in [0.2, 0.25) is 0 Å². The fraction of sp³-hybridized carbons (Fsp3) is 0.400. The quantitative estimate of drug-likeness (QED) is 0.463. The van der Waals surface area contributed by atoms with E-state index in [1.54, 1.807) is 12.1 Å². The van der Waals surface area contributed by atoms with Gasteiger partial charge in [-0.2, -0.15) is 0 Å². The SMILES string of the molecule is Cc1ccc(S(=O)(=O)NCCCCCNc2c3c(nc4ccccc24)CCCC3)cc1. The van der Waals surface area contributed by atoms with Crippen molar-refractivity contribution in [3.8, 4) is 0 Å². The van der Waals surface area contributed by atoms with Gasteiger partial charge >= 0.3 is 0 Å². The zero-order chi connectivity index (χ0) is 21.7. The molecule has 2 N–H and O–H groups in total. The number of nitrogens with zero attached hydrogens (tertiary/aromatic N) is 1. The molecule has 31 heavy (non-hydrogen) atoms. The summed E-state index contributed by atoms with van der Waals surface area (Å²) in [7, 11) is -3.42. The number of aromatic nitrogens is 1. The number of benzene rings is 2. The first-order valence-electron chi connectivity index (χ1n) is 11.3. The van der Waals surface area contributed by atoms with Crippen molar-refractivity contribution < 1.29 is 8.42 Å². The van der Waals surface area contributed by atoms with E-state index in [-0.39, 0.29) is 0 Å². The van der Waals surface area contributed by atoms with Crippen molar-refractivity contribution in [2.24, 2.45) is 0 Å². The van der Waals surface area contributed by atoms with Crippen molar-refractivity contribution in [1.29, 1.82) is 0 Å². The first-order valence-corrected chi connectivity index (χ1v) is 12.7. The van der Waals surface area contributed by atoms with E-state index in [2.05, 4.69) is 28.2 Å². The van der Waals surface area contributed by atoms with Gasteiger partial charge in [0, 0.05) is 29.9 Å². The Morgan fingerprint density at radius 3 is 2.48 bits per heavy atom. The number of aryl methyl sites for hydroxylation is 2. The average molecular weight is 438 g/mol. The summed E-state index contributed by atoms with van der Waals surface area (Å²) in [6.07, 6.45) is 7.39. The van der Waals surface area contributed by atoms with Crippen LogP contribution in [0.15, 0.2) is 53.4 Å². The molecule has 0 amide bonds. The molecule has 1 heterocycles. The number of hydrogen-bond donors (Lipinski definition) is 2. The van der Waals surface area contributed by atoms with Crippen LogP contribution >= 0.6 is 0 Å². The molecule has 6 heteroatoms. The molecule has 164 valence electrons. The second kappa shape index (κ2) is 9.79. The minimum Gasteiger partial charge on any atom is -0.384 e. The summed E-state index contributed by atoms with van der Waals surface area (Å²) in [4.78, 5) is 5.22. The molecule has 3 aromatic rings. The molecule has 0 bridgehead atoms. The number of rotatable bonds is 9. The molecule has 1 aliphatic rings. The Morgan fingerprint density at radius 2 is 1.65 bits per heavy atom. The summed E-state index contributed by atoms with van der Waals surface area (Å²) in [6, 6.07) is 15.3. The third-order valence-electron chi connectivity index (χ3n) is 5.95. The van der Waals surface area contributed by atoms with E-state index in [4.69, 9.17) is 4.98 Å². The van der Waals surface area contributed by atoms with Crippen LogP contribution in [0.3, 0.4) is 0 Å². The van der Waals surface area contributed by atoms with Gasteiger partial charge in [-0.1, -0.05) is 42.3 Å². The number of fused-ring (bicyclic) bond motifs is 2. The standard InChI is InChI=1S/C25H31N3O2S/c1-19-13-15-20(16-14-19)31(29,30)27-18-8-2-7-17-26-25-21-9-3-5-11-23(21)28-24-12-6-4-10-22(24)25/h3,5,9,11,13-16,27H,2,4,6-8,10,12,17-18H2,1H3,(H,26,28). The number of nitrogens with one attached hydrogen (secondary N) is 2. The van der Waals surface area contributed by atoms with Gasteiger partial charge in [0.25, 0.3) is 0 Å². The van der Waals surface area contributed by atoms with Gasteiger partial charge < -0.3 is 5.32 Å². The molecule has 0 unspecified atom stereocenters. The largest absolute Gasteiger partial charge is 0.384 e. The van der Waals surface area contributed by atoms with E-state index in [0.29, 0.717) is 11.4 Å². The van der Waals surface area contributed by atoms with Crippen LogP contribution in [0.5, 0.6) is 0 Å². The molecule has 1 aromatic heterocycles. The topological polar surface area (TPSA) is 71.1 Å². The predicted molar refractivity (Wildman–Crippen MR) is 127 cm³/mol. The highest BCUT2D eigenvalue weighted by molar-refractivity contribution is 7.89. The van der Waals surface area contributed by atoms with Crippen LogP contribution in [-0.2, 0) is 22.9 Å². The van der Waals surface area contributed by atoms with Crippen molar-refractivity contribution in [1.82, 2.24) is 9.71 Å². The lowest BCUT2D eigenvalue weighted by Gasteiger charge is -2.21. The summed E-state index contributed by atoms with van der Waals surface area (Å²) >= 11 is 0. The van der Waals surface area contributed by atoms with Crippen molar-refractivity contribution >= 4 is 26.6 Å². The fourth-order valence-electron chi connectivity index (χ4n) is 4.22. The van der Waals surface area contributed by atoms with Crippen LogP contribution < -0.4 is 10.0 Å². The maximum absolute atomic E-state index is 12.3. The number of pyridine rings is 1. The number of sulfonamides is 1. The van der Waals surface area contributed by atoms with Gasteiger partial charge in [-0.15, -0.1) is 0 Å². The minimum atomic E-state index is -3.42. The predicted octanol–water partition coefficient (Wildman–Crippen LogP) is 4.98. The fourth-order valence-corrected chi connectivity index (χ4v) is 5.30. The number of unbranched alkanes of at least 4 members (excludes halogenated alkanes) is 2. The second-order valence-corrected chi connectivity index (χ2v) is 10.1. The second-order valence-electron chi connectivity index (χ2n) is 8.33. The molecule has 0 spiro atoms. The first-order chi connectivity index (χ1) is 15.0. The van der Waals surface area contributed by atoms with Gasteiger partial charge in [0.05, 0.1) is 10.4 Å². The Morgan fingerprint density at radius 1 is 0.903 bits per heavy atom. The number of anilines is 1. The van der Waals surface area contributed by atoms with Gasteiger partial charge in [0.1, 0.15) is 0 Å². The zero-order valence-corrected chi connectivity index (χ0v) is 19.0. The normalized spacial score (nSPS) is 13.8. The smallest absolute Gasteiger partial charge is 0.240 e. The Kier molecular flexibility index (Phi) is 6.88. The van der Waals surface area contributed by atoms with Crippen LogP contribution in [0.25, 0.3) is 10.9 Å². The van der Waals surface area contributed by atoms with E-state index in [1.165, 1.54) is 35.2 Å². The van der Waals surface area contributed by atoms with Crippen LogP contribution in [0.4, 0.5) is 5.69 Å². The third-order valence-corrected chi connectivity index (χ3v) is 7.42. The molecule has 5 nitrogen and oxygen atoms in total. The van der Waals surface area contributed by atoms with E-state index in [0.717, 1.165) is 49.7 Å². The molecule has 0 aliphatic heterocycles. The third kappa shape index (κ3) is 5.25. The Labute approximate surface area is 185 Å². The van der Waals surface area contributed by atoms with Crippen LogP contribution in [0.1, 0.15) is 48.9 Å². The van der Waals surface area contributed by atoms with Gasteiger partial charge in [0.15, 0.2) is 0 Å². The molecule has 1 aliphatic carbocycles. The summed E-state index contributed by atoms with van der Waals surface area (Å²) in [5.41, 5.74) is 6.00. The maximum atomic E-state index is 12.3. The summed E-state index contributed by atoms with van der Waals surface area (Å²) in [6.45, 7) is 3.29. The molecule has 0 fully saturated rings. The molecule has 0 saturated carbocycles. The lowest BCUT2D eigenvalue weighted by molar-refractivity contribution is 0.575. The van der Waals surface area contributed by atoms with Gasteiger partial charge in [0.2, 0.25) is 10.0 Å². The minimum absolute atomic E-state index is 0.328. The lowest BCUT2D eigenvalue weighted by atomic mass is 9.92. The summed E-state index contributed by atoms with van der Waals surface area (Å²) < 4.78 is 27.4. The van der Waals surface area contributed by atoms with E-state index < -0.39 is 10.0 Å². The Bertz CT molecular complexity index is 1140. The Hall–Kier alpha value is -2.44. The molecule has 4 rings (SSSR count). The summed E-state index contributed by atoms with van der Waals surface area (Å²) in [5.74, 6) is 0. The Balaban J connectivity index is 1.28.